The number of amides is 1. The quantitative estimate of drug-likeness (QED) is 0.617. The van der Waals surface area contributed by atoms with Crippen LogP contribution in [0.3, 0.4) is 0 Å². The number of esters is 2. The van der Waals surface area contributed by atoms with Crippen molar-refractivity contribution in [1.29, 1.82) is 0 Å². The van der Waals surface area contributed by atoms with E-state index in [1.807, 2.05) is 0 Å². The second-order valence-corrected chi connectivity index (χ2v) is 6.16. The van der Waals surface area contributed by atoms with Crippen LogP contribution in [0.15, 0.2) is 60.7 Å². The van der Waals surface area contributed by atoms with Crippen LogP contribution in [0.1, 0.15) is 27.6 Å². The standard InChI is InChI=1S/C20H19NO6/c1-13(22)16-17(23)21(12-26-19(24)14-8-4-2-5-9-14)18(16)27-20(25)15-10-6-3-7-11-15/h2-11,13,16,18,22H,12H2,1H3/t13-,16+,18-/m1/s1. The third-order valence-electron chi connectivity index (χ3n) is 4.28. The van der Waals surface area contributed by atoms with Gasteiger partial charge in [0.1, 0.15) is 5.92 Å². The molecule has 1 saturated heterocycles. The van der Waals surface area contributed by atoms with Gasteiger partial charge in [-0.3, -0.25) is 9.69 Å². The molecular weight excluding hydrogens is 350 g/mol. The number of hydrogen-bond donors (Lipinski definition) is 1. The summed E-state index contributed by atoms with van der Waals surface area (Å²) in [5.41, 5.74) is 0.665. The van der Waals surface area contributed by atoms with Crippen molar-refractivity contribution in [2.75, 3.05) is 6.73 Å². The molecule has 0 aromatic heterocycles. The van der Waals surface area contributed by atoms with E-state index in [4.69, 9.17) is 9.47 Å². The van der Waals surface area contributed by atoms with Crippen molar-refractivity contribution in [2.24, 2.45) is 5.92 Å². The summed E-state index contributed by atoms with van der Waals surface area (Å²) in [5, 5.41) is 9.82. The molecular formula is C20H19NO6. The molecule has 0 radical (unpaired) electrons. The second kappa shape index (κ2) is 8.01. The van der Waals surface area contributed by atoms with E-state index in [0.717, 1.165) is 4.90 Å². The first-order chi connectivity index (χ1) is 13.0. The summed E-state index contributed by atoms with van der Waals surface area (Å²) in [4.78, 5) is 37.7. The number of likely N-dealkylation sites (tertiary alicyclic amines) is 1. The molecule has 2 aromatic rings. The van der Waals surface area contributed by atoms with E-state index < -0.39 is 36.1 Å². The van der Waals surface area contributed by atoms with Crippen molar-refractivity contribution >= 4 is 17.8 Å². The van der Waals surface area contributed by atoms with Crippen molar-refractivity contribution in [1.82, 2.24) is 4.90 Å². The molecule has 3 rings (SSSR count). The molecule has 0 unspecified atom stereocenters. The lowest BCUT2D eigenvalue weighted by atomic mass is 9.91. The monoisotopic (exact) mass is 369 g/mol. The van der Waals surface area contributed by atoms with Gasteiger partial charge >= 0.3 is 11.9 Å². The minimum absolute atomic E-state index is 0.322. The molecule has 140 valence electrons. The number of aliphatic hydroxyl groups excluding tert-OH is 1. The van der Waals surface area contributed by atoms with E-state index in [2.05, 4.69) is 0 Å². The lowest BCUT2D eigenvalue weighted by Gasteiger charge is -2.46. The minimum Gasteiger partial charge on any atom is -0.440 e. The summed E-state index contributed by atoms with van der Waals surface area (Å²) in [6.45, 7) is 1.07. The highest BCUT2D eigenvalue weighted by Crippen LogP contribution is 2.31. The Bertz CT molecular complexity index is 821. The van der Waals surface area contributed by atoms with Crippen LogP contribution in [0, 0.1) is 5.92 Å². The number of aliphatic hydroxyl groups is 1. The highest BCUT2D eigenvalue weighted by atomic mass is 16.6. The van der Waals surface area contributed by atoms with Crippen molar-refractivity contribution < 1.29 is 29.0 Å². The van der Waals surface area contributed by atoms with E-state index in [-0.39, 0.29) is 6.73 Å². The van der Waals surface area contributed by atoms with Crippen molar-refractivity contribution in [3.8, 4) is 0 Å². The van der Waals surface area contributed by atoms with E-state index in [1.54, 1.807) is 60.7 Å². The number of β-lactam (4-membered cyclic amide) rings is 1. The molecule has 1 aliphatic heterocycles. The maximum atomic E-state index is 12.3. The predicted molar refractivity (Wildman–Crippen MR) is 94.4 cm³/mol. The van der Waals surface area contributed by atoms with E-state index >= 15 is 0 Å². The molecule has 0 spiro atoms. The van der Waals surface area contributed by atoms with Crippen LogP contribution in [0.2, 0.25) is 0 Å². The Balaban J connectivity index is 1.66. The number of rotatable bonds is 6. The lowest BCUT2D eigenvalue weighted by molar-refractivity contribution is -0.203. The summed E-state index contributed by atoms with van der Waals surface area (Å²) < 4.78 is 10.5. The first kappa shape index (κ1) is 18.6. The molecule has 27 heavy (non-hydrogen) atoms. The average molecular weight is 369 g/mol. The molecule has 1 heterocycles. The van der Waals surface area contributed by atoms with Gasteiger partial charge in [0.2, 0.25) is 5.91 Å². The Morgan fingerprint density at radius 2 is 1.52 bits per heavy atom. The fraction of sp³-hybridized carbons (Fsp3) is 0.250. The van der Waals surface area contributed by atoms with E-state index in [0.29, 0.717) is 11.1 Å². The van der Waals surface area contributed by atoms with Crippen molar-refractivity contribution in [3.05, 3.63) is 71.8 Å². The zero-order valence-corrected chi connectivity index (χ0v) is 14.6. The van der Waals surface area contributed by atoms with Gasteiger partial charge in [0.05, 0.1) is 17.2 Å². The smallest absolute Gasteiger partial charge is 0.340 e. The van der Waals surface area contributed by atoms with Crippen LogP contribution in [0.25, 0.3) is 0 Å². The van der Waals surface area contributed by atoms with Crippen LogP contribution in [-0.2, 0) is 14.3 Å². The lowest BCUT2D eigenvalue weighted by Crippen LogP contribution is -2.66. The summed E-state index contributed by atoms with van der Waals surface area (Å²) >= 11 is 0. The van der Waals surface area contributed by atoms with Gasteiger partial charge in [0.15, 0.2) is 13.0 Å². The molecule has 3 atom stereocenters. The largest absolute Gasteiger partial charge is 0.440 e. The van der Waals surface area contributed by atoms with E-state index in [1.165, 1.54) is 6.92 Å². The van der Waals surface area contributed by atoms with Gasteiger partial charge in [-0.25, -0.2) is 9.59 Å². The zero-order chi connectivity index (χ0) is 19.4. The normalized spacial score (nSPS) is 19.8. The van der Waals surface area contributed by atoms with Crippen LogP contribution in [-0.4, -0.2) is 46.9 Å². The highest BCUT2D eigenvalue weighted by Gasteiger charge is 2.53. The summed E-state index contributed by atoms with van der Waals surface area (Å²) in [5.74, 6) is -2.57. The van der Waals surface area contributed by atoms with Crippen molar-refractivity contribution in [2.45, 2.75) is 19.3 Å². The first-order valence-electron chi connectivity index (χ1n) is 8.46. The van der Waals surface area contributed by atoms with Gasteiger partial charge in [-0.15, -0.1) is 0 Å². The second-order valence-electron chi connectivity index (χ2n) is 6.16. The fourth-order valence-electron chi connectivity index (χ4n) is 2.81. The molecule has 2 aromatic carbocycles. The summed E-state index contributed by atoms with van der Waals surface area (Å²) in [6, 6.07) is 16.6. The molecule has 0 saturated carbocycles. The van der Waals surface area contributed by atoms with Crippen LogP contribution in [0.5, 0.6) is 0 Å². The molecule has 1 amide bonds. The number of benzene rings is 2. The van der Waals surface area contributed by atoms with Gasteiger partial charge in [-0.2, -0.15) is 0 Å². The number of carbonyl (C=O) groups is 3. The van der Waals surface area contributed by atoms with Gasteiger partial charge in [0, 0.05) is 0 Å². The maximum Gasteiger partial charge on any atom is 0.340 e. The Labute approximate surface area is 156 Å². The van der Waals surface area contributed by atoms with Crippen LogP contribution < -0.4 is 0 Å². The molecule has 1 aliphatic rings. The number of carbonyl (C=O) groups excluding carboxylic acids is 3. The Morgan fingerprint density at radius 1 is 1.00 bits per heavy atom. The predicted octanol–water partition coefficient (Wildman–Crippen LogP) is 1.82. The van der Waals surface area contributed by atoms with Gasteiger partial charge in [-0.05, 0) is 31.2 Å². The molecule has 1 fully saturated rings. The maximum absolute atomic E-state index is 12.3. The minimum atomic E-state index is -1.01. The number of nitrogens with zero attached hydrogens (tertiary/aromatic N) is 1. The SMILES string of the molecule is C[C@@H](O)[C@H]1C(=O)N(COC(=O)c2ccccc2)[C@@H]1OC(=O)c1ccccc1. The molecule has 1 N–H and O–H groups in total. The zero-order valence-electron chi connectivity index (χ0n) is 14.6. The fourth-order valence-corrected chi connectivity index (χ4v) is 2.81. The Morgan fingerprint density at radius 3 is 2.04 bits per heavy atom. The number of hydrogen-bond acceptors (Lipinski definition) is 6. The molecule has 0 bridgehead atoms. The Hall–Kier alpha value is -3.19. The summed E-state index contributed by atoms with van der Waals surface area (Å²) in [7, 11) is 0. The third kappa shape index (κ3) is 3.98. The topological polar surface area (TPSA) is 93.1 Å². The van der Waals surface area contributed by atoms with Crippen LogP contribution in [0.4, 0.5) is 0 Å². The first-order valence-corrected chi connectivity index (χ1v) is 8.46. The van der Waals surface area contributed by atoms with Gasteiger partial charge in [0.25, 0.3) is 0 Å². The van der Waals surface area contributed by atoms with E-state index in [9.17, 15) is 19.5 Å². The molecule has 0 aliphatic carbocycles. The average Bonchev–Trinajstić information content (AvgIpc) is 2.68. The molecule has 7 heteroatoms. The van der Waals surface area contributed by atoms with Crippen LogP contribution >= 0.6 is 0 Å². The van der Waals surface area contributed by atoms with Gasteiger partial charge < -0.3 is 14.6 Å². The number of ether oxygens (including phenoxy) is 2. The third-order valence-corrected chi connectivity index (χ3v) is 4.28. The van der Waals surface area contributed by atoms with Gasteiger partial charge in [-0.1, -0.05) is 36.4 Å². The van der Waals surface area contributed by atoms with Crippen molar-refractivity contribution in [3.63, 3.8) is 0 Å². The summed E-state index contributed by atoms with van der Waals surface area (Å²) in [6.07, 6.45) is -2.01. The Kier molecular flexibility index (Phi) is 5.52. The molecule has 7 nitrogen and oxygen atoms in total. The highest BCUT2D eigenvalue weighted by molar-refractivity contribution is 5.92.